The molecular formula is C10H12FNO. The zero-order valence-electron chi connectivity index (χ0n) is 7.56. The van der Waals surface area contributed by atoms with Gasteiger partial charge in [0.2, 0.25) is 0 Å². The van der Waals surface area contributed by atoms with E-state index in [4.69, 9.17) is 0 Å². The molecule has 13 heavy (non-hydrogen) atoms. The molecule has 2 nitrogen and oxygen atoms in total. The van der Waals surface area contributed by atoms with E-state index in [1.807, 2.05) is 6.92 Å². The second-order valence-electron chi connectivity index (χ2n) is 3.83. The Kier molecular flexibility index (Phi) is 1.75. The molecule has 0 amide bonds. The number of hydrogen-bond donors (Lipinski definition) is 1. The number of alkyl halides is 1. The molecule has 0 spiro atoms. The Morgan fingerprint density at radius 2 is 2.23 bits per heavy atom. The maximum Gasteiger partial charge on any atom is 0.182 e. The number of aromatic amines is 1. The van der Waals surface area contributed by atoms with Gasteiger partial charge in [0.15, 0.2) is 5.43 Å². The predicted octanol–water partition coefficient (Wildman–Crippen LogP) is 1.68. The van der Waals surface area contributed by atoms with Crippen LogP contribution in [-0.2, 0) is 5.41 Å². The largest absolute Gasteiger partial charge is 0.362 e. The molecule has 0 aliphatic heterocycles. The van der Waals surface area contributed by atoms with E-state index in [9.17, 15) is 9.18 Å². The number of aryl methyl sites for hydroxylation is 1. The van der Waals surface area contributed by atoms with Gasteiger partial charge < -0.3 is 4.98 Å². The maximum atomic E-state index is 12.7. The van der Waals surface area contributed by atoms with E-state index in [-0.39, 0.29) is 17.5 Å². The van der Waals surface area contributed by atoms with Gasteiger partial charge in [-0.1, -0.05) is 0 Å². The number of pyridine rings is 1. The van der Waals surface area contributed by atoms with E-state index < -0.39 is 0 Å². The first-order chi connectivity index (χ1) is 6.16. The van der Waals surface area contributed by atoms with Gasteiger partial charge >= 0.3 is 0 Å². The van der Waals surface area contributed by atoms with Crippen molar-refractivity contribution in [1.82, 2.24) is 4.98 Å². The zero-order valence-corrected chi connectivity index (χ0v) is 7.56. The Labute approximate surface area is 75.8 Å². The minimum atomic E-state index is -0.369. The molecule has 0 aromatic carbocycles. The van der Waals surface area contributed by atoms with Gasteiger partial charge in [0, 0.05) is 28.9 Å². The van der Waals surface area contributed by atoms with Crippen molar-refractivity contribution in [2.75, 3.05) is 6.67 Å². The summed E-state index contributed by atoms with van der Waals surface area (Å²) in [7, 11) is 0. The number of rotatable bonds is 2. The molecule has 1 aromatic rings. The molecule has 2 rings (SSSR count). The van der Waals surface area contributed by atoms with Gasteiger partial charge in [0.05, 0.1) is 0 Å². The molecule has 3 heteroatoms. The molecule has 0 saturated heterocycles. The third kappa shape index (κ3) is 1.39. The molecule has 1 aliphatic carbocycles. The number of aromatic nitrogens is 1. The third-order valence-corrected chi connectivity index (χ3v) is 2.66. The summed E-state index contributed by atoms with van der Waals surface area (Å²) in [5.74, 6) is 0. The molecule has 1 aliphatic rings. The minimum Gasteiger partial charge on any atom is -0.362 e. The number of halogens is 1. The topological polar surface area (TPSA) is 32.9 Å². The van der Waals surface area contributed by atoms with E-state index in [1.165, 1.54) is 12.1 Å². The molecule has 0 bridgehead atoms. The highest BCUT2D eigenvalue weighted by atomic mass is 19.1. The van der Waals surface area contributed by atoms with E-state index in [1.54, 1.807) is 0 Å². The smallest absolute Gasteiger partial charge is 0.182 e. The summed E-state index contributed by atoms with van der Waals surface area (Å²) in [6, 6.07) is 3.04. The van der Waals surface area contributed by atoms with Crippen LogP contribution >= 0.6 is 0 Å². The Balaban J connectivity index is 2.46. The first kappa shape index (κ1) is 8.48. The normalized spacial score (nSPS) is 18.6. The lowest BCUT2D eigenvalue weighted by Crippen LogP contribution is -2.15. The van der Waals surface area contributed by atoms with Crippen LogP contribution in [0.15, 0.2) is 16.9 Å². The van der Waals surface area contributed by atoms with Gasteiger partial charge in [0.1, 0.15) is 6.67 Å². The Morgan fingerprint density at radius 3 is 2.69 bits per heavy atom. The van der Waals surface area contributed by atoms with Crippen molar-refractivity contribution in [3.63, 3.8) is 0 Å². The van der Waals surface area contributed by atoms with Crippen LogP contribution in [0.25, 0.3) is 0 Å². The van der Waals surface area contributed by atoms with Crippen LogP contribution in [0.3, 0.4) is 0 Å². The Morgan fingerprint density at radius 1 is 1.54 bits per heavy atom. The fourth-order valence-corrected chi connectivity index (χ4v) is 1.59. The highest BCUT2D eigenvalue weighted by Gasteiger charge is 2.45. The quantitative estimate of drug-likeness (QED) is 0.739. The standard InChI is InChI=1S/C10H12FNO/c1-7-4-8(13)5-9(12-7)10(6-11)2-3-10/h4-5H,2-3,6H2,1H3,(H,12,13). The summed E-state index contributed by atoms with van der Waals surface area (Å²) in [4.78, 5) is 14.2. The third-order valence-electron chi connectivity index (χ3n) is 2.66. The summed E-state index contributed by atoms with van der Waals surface area (Å²) in [5, 5.41) is 0. The first-order valence-electron chi connectivity index (χ1n) is 4.44. The number of hydrogen-bond acceptors (Lipinski definition) is 1. The van der Waals surface area contributed by atoms with Gasteiger partial charge in [-0.3, -0.25) is 9.18 Å². The lowest BCUT2D eigenvalue weighted by Gasteiger charge is -2.10. The number of H-pyrrole nitrogens is 1. The minimum absolute atomic E-state index is 0.0361. The zero-order chi connectivity index (χ0) is 9.47. The van der Waals surface area contributed by atoms with Gasteiger partial charge in [-0.25, -0.2) is 0 Å². The molecule has 1 N–H and O–H groups in total. The van der Waals surface area contributed by atoms with Crippen LogP contribution in [0.4, 0.5) is 4.39 Å². The monoisotopic (exact) mass is 181 g/mol. The van der Waals surface area contributed by atoms with Crippen molar-refractivity contribution in [3.8, 4) is 0 Å². The molecule has 0 radical (unpaired) electrons. The van der Waals surface area contributed by atoms with Crippen LogP contribution in [0.1, 0.15) is 24.2 Å². The first-order valence-corrected chi connectivity index (χ1v) is 4.44. The molecular weight excluding hydrogens is 169 g/mol. The lowest BCUT2D eigenvalue weighted by atomic mass is 10.0. The average molecular weight is 181 g/mol. The van der Waals surface area contributed by atoms with Gasteiger partial charge in [-0.15, -0.1) is 0 Å². The maximum absolute atomic E-state index is 12.7. The Hall–Kier alpha value is -1.12. The van der Waals surface area contributed by atoms with E-state index in [2.05, 4.69) is 4.98 Å². The van der Waals surface area contributed by atoms with E-state index >= 15 is 0 Å². The molecule has 1 fully saturated rings. The van der Waals surface area contributed by atoms with E-state index in [0.717, 1.165) is 24.2 Å². The molecule has 0 unspecified atom stereocenters. The predicted molar refractivity (Wildman–Crippen MR) is 48.7 cm³/mol. The highest BCUT2D eigenvalue weighted by molar-refractivity contribution is 5.26. The van der Waals surface area contributed by atoms with Gasteiger partial charge in [-0.05, 0) is 19.8 Å². The van der Waals surface area contributed by atoms with Crippen molar-refractivity contribution in [1.29, 1.82) is 0 Å². The van der Waals surface area contributed by atoms with Crippen molar-refractivity contribution in [3.05, 3.63) is 33.7 Å². The van der Waals surface area contributed by atoms with Crippen LogP contribution in [0.2, 0.25) is 0 Å². The fourth-order valence-electron chi connectivity index (χ4n) is 1.59. The molecule has 70 valence electrons. The van der Waals surface area contributed by atoms with Crippen molar-refractivity contribution >= 4 is 0 Å². The van der Waals surface area contributed by atoms with Crippen LogP contribution in [-0.4, -0.2) is 11.7 Å². The van der Waals surface area contributed by atoms with Gasteiger partial charge in [-0.2, -0.15) is 0 Å². The average Bonchev–Trinajstić information content (AvgIpc) is 2.82. The summed E-state index contributed by atoms with van der Waals surface area (Å²) in [6.45, 7) is 1.45. The second-order valence-corrected chi connectivity index (χ2v) is 3.83. The summed E-state index contributed by atoms with van der Waals surface area (Å²) < 4.78 is 12.7. The number of nitrogens with one attached hydrogen (secondary N) is 1. The second kappa shape index (κ2) is 2.69. The Bertz CT molecular complexity index is 379. The summed E-state index contributed by atoms with van der Waals surface area (Å²) in [5.41, 5.74) is 1.18. The molecule has 1 aromatic heterocycles. The van der Waals surface area contributed by atoms with Crippen LogP contribution < -0.4 is 5.43 Å². The highest BCUT2D eigenvalue weighted by Crippen LogP contribution is 2.47. The fraction of sp³-hybridized carbons (Fsp3) is 0.500. The molecule has 1 heterocycles. The van der Waals surface area contributed by atoms with E-state index in [0.29, 0.717) is 0 Å². The van der Waals surface area contributed by atoms with Crippen molar-refractivity contribution < 1.29 is 4.39 Å². The lowest BCUT2D eigenvalue weighted by molar-refractivity contribution is 0.411. The molecule has 0 atom stereocenters. The molecule has 1 saturated carbocycles. The van der Waals surface area contributed by atoms with Gasteiger partial charge in [0.25, 0.3) is 0 Å². The summed E-state index contributed by atoms with van der Waals surface area (Å²) in [6.07, 6.45) is 1.70. The SMILES string of the molecule is Cc1cc(=O)cc(C2(CF)CC2)[nH]1. The van der Waals surface area contributed by atoms with Crippen molar-refractivity contribution in [2.24, 2.45) is 0 Å². The van der Waals surface area contributed by atoms with Crippen LogP contribution in [0.5, 0.6) is 0 Å². The van der Waals surface area contributed by atoms with Crippen LogP contribution in [0, 0.1) is 6.92 Å². The summed E-state index contributed by atoms with van der Waals surface area (Å²) >= 11 is 0. The van der Waals surface area contributed by atoms with Crippen molar-refractivity contribution in [2.45, 2.75) is 25.2 Å².